The van der Waals surface area contributed by atoms with Gasteiger partial charge < -0.3 is 9.75 Å². The molecule has 2 N–H and O–H groups in total. The van der Waals surface area contributed by atoms with Gasteiger partial charge in [-0.25, -0.2) is 5.84 Å². The van der Waals surface area contributed by atoms with Gasteiger partial charge in [0.15, 0.2) is 0 Å². The Morgan fingerprint density at radius 1 is 1.41 bits per heavy atom. The Bertz CT molecular complexity index is 225. The fourth-order valence-electron chi connectivity index (χ4n) is 1.33. The van der Waals surface area contributed by atoms with Gasteiger partial charge in [-0.05, 0) is 19.8 Å². The predicted octanol–water partition coefficient (Wildman–Crippen LogP) is 2.36. The van der Waals surface area contributed by atoms with Crippen LogP contribution in [0.4, 0.5) is 0 Å². The first kappa shape index (κ1) is 16.1. The number of allylic oxidation sites excluding steroid dienone is 2. The molecule has 0 spiro atoms. The maximum atomic E-state index is 5.72. The summed E-state index contributed by atoms with van der Waals surface area (Å²) in [6.07, 6.45) is 8.32. The summed E-state index contributed by atoms with van der Waals surface area (Å²) in [5.41, 5.74) is 0. The lowest BCUT2D eigenvalue weighted by molar-refractivity contribution is 0.138. The Labute approximate surface area is 106 Å². The van der Waals surface area contributed by atoms with E-state index in [-0.39, 0.29) is 0 Å². The molecule has 0 radical (unpaired) electrons. The van der Waals surface area contributed by atoms with Crippen LogP contribution in [0.1, 0.15) is 39.5 Å². The monoisotopic (exact) mass is 241 g/mol. The molecule has 0 aromatic heterocycles. The molecule has 0 aliphatic rings. The summed E-state index contributed by atoms with van der Waals surface area (Å²) in [6.45, 7) is 6.38. The molecule has 0 unspecified atom stereocenters. The summed E-state index contributed by atoms with van der Waals surface area (Å²) in [7, 11) is 1.83. The van der Waals surface area contributed by atoms with Gasteiger partial charge in [0.2, 0.25) is 0 Å². The molecule has 4 nitrogen and oxygen atoms in total. The van der Waals surface area contributed by atoms with Gasteiger partial charge in [-0.3, -0.25) is 4.99 Å². The average molecular weight is 241 g/mol. The first-order valence-corrected chi connectivity index (χ1v) is 6.43. The number of nitrogens with two attached hydrogens (primary N) is 1. The van der Waals surface area contributed by atoms with Crippen molar-refractivity contribution in [3.63, 3.8) is 0 Å². The molecule has 0 bridgehead atoms. The summed E-state index contributed by atoms with van der Waals surface area (Å²) in [5.74, 6) is 6.65. The van der Waals surface area contributed by atoms with Gasteiger partial charge in [-0.2, -0.15) is 0 Å². The quantitative estimate of drug-likeness (QED) is 0.168. The van der Waals surface area contributed by atoms with E-state index in [1.807, 2.05) is 20.0 Å². The Morgan fingerprint density at radius 2 is 2.18 bits per heavy atom. The first-order valence-electron chi connectivity index (χ1n) is 6.43. The highest BCUT2D eigenvalue weighted by Gasteiger charge is 2.00. The topological polar surface area (TPSA) is 50.8 Å². The lowest BCUT2D eigenvalue weighted by Gasteiger charge is -2.14. The number of amidine groups is 1. The van der Waals surface area contributed by atoms with E-state index in [1.165, 1.54) is 6.42 Å². The molecule has 0 saturated heterocycles. The predicted molar refractivity (Wildman–Crippen MR) is 74.0 cm³/mol. The molecule has 0 fully saturated rings. The van der Waals surface area contributed by atoms with Crippen molar-refractivity contribution in [1.82, 2.24) is 5.01 Å². The molecule has 0 aromatic carbocycles. The number of rotatable bonds is 9. The van der Waals surface area contributed by atoms with Crippen LogP contribution in [0.2, 0.25) is 0 Å². The van der Waals surface area contributed by atoms with E-state index in [1.54, 1.807) is 5.01 Å². The van der Waals surface area contributed by atoms with Crippen molar-refractivity contribution >= 4 is 5.84 Å². The normalized spacial score (nSPS) is 12.4. The summed E-state index contributed by atoms with van der Waals surface area (Å²) < 4.78 is 5.45. The Kier molecular flexibility index (Phi) is 11.0. The number of hydrazine groups is 1. The van der Waals surface area contributed by atoms with Crippen molar-refractivity contribution in [2.24, 2.45) is 10.8 Å². The number of aliphatic imine (C=N–C) groups is 1. The average Bonchev–Trinajstić information content (AvgIpc) is 2.31. The number of hydrogen-bond donors (Lipinski definition) is 1. The van der Waals surface area contributed by atoms with E-state index < -0.39 is 0 Å². The summed E-state index contributed by atoms with van der Waals surface area (Å²) in [5, 5.41) is 1.59. The summed E-state index contributed by atoms with van der Waals surface area (Å²) in [4.78, 5) is 4.45. The third-order valence-electron chi connectivity index (χ3n) is 2.35. The molecule has 0 aromatic rings. The highest BCUT2D eigenvalue weighted by atomic mass is 16.5. The van der Waals surface area contributed by atoms with Gasteiger partial charge in [0.1, 0.15) is 5.84 Å². The van der Waals surface area contributed by atoms with Crippen LogP contribution in [-0.2, 0) is 4.74 Å². The van der Waals surface area contributed by atoms with Gasteiger partial charge in [0, 0.05) is 20.1 Å². The van der Waals surface area contributed by atoms with Gasteiger partial charge in [-0.1, -0.05) is 25.5 Å². The van der Waals surface area contributed by atoms with Crippen molar-refractivity contribution in [2.75, 3.05) is 26.8 Å². The van der Waals surface area contributed by atoms with E-state index in [0.29, 0.717) is 13.2 Å². The van der Waals surface area contributed by atoms with Crippen LogP contribution in [0.3, 0.4) is 0 Å². The van der Waals surface area contributed by atoms with E-state index >= 15 is 0 Å². The number of nitrogens with zero attached hydrogens (tertiary/aromatic N) is 2. The van der Waals surface area contributed by atoms with Crippen LogP contribution < -0.4 is 5.84 Å². The van der Waals surface area contributed by atoms with Gasteiger partial charge in [-0.15, -0.1) is 0 Å². The lowest BCUT2D eigenvalue weighted by Crippen LogP contribution is -2.33. The van der Waals surface area contributed by atoms with Crippen LogP contribution >= 0.6 is 0 Å². The fourth-order valence-corrected chi connectivity index (χ4v) is 1.33. The molecule has 0 aliphatic carbocycles. The van der Waals surface area contributed by atoms with E-state index in [0.717, 1.165) is 31.7 Å². The van der Waals surface area contributed by atoms with Crippen LogP contribution in [0.5, 0.6) is 0 Å². The van der Waals surface area contributed by atoms with Crippen LogP contribution in [-0.4, -0.2) is 37.7 Å². The molecule has 4 heteroatoms. The maximum absolute atomic E-state index is 5.72. The van der Waals surface area contributed by atoms with Crippen molar-refractivity contribution < 1.29 is 4.74 Å². The molecule has 0 saturated carbocycles. The third-order valence-corrected chi connectivity index (χ3v) is 2.35. The molecule has 0 amide bonds. The standard InChI is InChI=1S/C13H27N3O/c1-4-6-8-9-13(16(3)14)15-10-12-17-11-7-5-2/h4,6H,5,7-12,14H2,1-3H3/b6-4-,15-13?. The molecular formula is C13H27N3O. The summed E-state index contributed by atoms with van der Waals surface area (Å²) in [6, 6.07) is 0. The molecule has 100 valence electrons. The van der Waals surface area contributed by atoms with Gasteiger partial charge >= 0.3 is 0 Å². The van der Waals surface area contributed by atoms with Crippen molar-refractivity contribution in [3.8, 4) is 0 Å². The second-order valence-corrected chi connectivity index (χ2v) is 3.98. The largest absolute Gasteiger partial charge is 0.380 e. The molecule has 0 aliphatic heterocycles. The molecule has 0 rings (SSSR count). The minimum atomic E-state index is 0.682. The molecule has 17 heavy (non-hydrogen) atoms. The van der Waals surface area contributed by atoms with Gasteiger partial charge in [0.05, 0.1) is 13.2 Å². The Balaban J connectivity index is 3.79. The van der Waals surface area contributed by atoms with Crippen LogP contribution in [0, 0.1) is 0 Å². The zero-order valence-corrected chi connectivity index (χ0v) is 11.5. The Morgan fingerprint density at radius 3 is 2.76 bits per heavy atom. The SMILES string of the molecule is C/C=C\CCC(=NCCOCCCC)N(C)N. The number of ether oxygens (including phenoxy) is 1. The minimum Gasteiger partial charge on any atom is -0.380 e. The Hall–Kier alpha value is -0.870. The van der Waals surface area contributed by atoms with Crippen molar-refractivity contribution in [3.05, 3.63) is 12.2 Å². The zero-order valence-electron chi connectivity index (χ0n) is 11.5. The molecular weight excluding hydrogens is 214 g/mol. The summed E-state index contributed by atoms with van der Waals surface area (Å²) >= 11 is 0. The van der Waals surface area contributed by atoms with E-state index in [9.17, 15) is 0 Å². The molecule has 0 heterocycles. The van der Waals surface area contributed by atoms with Crippen LogP contribution in [0.15, 0.2) is 17.1 Å². The van der Waals surface area contributed by atoms with E-state index in [4.69, 9.17) is 10.6 Å². The first-order chi connectivity index (χ1) is 8.22. The number of hydrogen-bond acceptors (Lipinski definition) is 3. The maximum Gasteiger partial charge on any atom is 0.113 e. The van der Waals surface area contributed by atoms with Crippen molar-refractivity contribution in [2.45, 2.75) is 39.5 Å². The second kappa shape index (κ2) is 11.6. The third kappa shape index (κ3) is 10.0. The van der Waals surface area contributed by atoms with Gasteiger partial charge in [0.25, 0.3) is 0 Å². The second-order valence-electron chi connectivity index (χ2n) is 3.98. The van der Waals surface area contributed by atoms with E-state index in [2.05, 4.69) is 18.0 Å². The highest BCUT2D eigenvalue weighted by Crippen LogP contribution is 1.97. The van der Waals surface area contributed by atoms with Crippen molar-refractivity contribution in [1.29, 1.82) is 0 Å². The fraction of sp³-hybridized carbons (Fsp3) is 0.769. The lowest BCUT2D eigenvalue weighted by atomic mass is 10.2. The molecule has 0 atom stereocenters. The zero-order chi connectivity index (χ0) is 12.9. The minimum absolute atomic E-state index is 0.682. The smallest absolute Gasteiger partial charge is 0.113 e. The highest BCUT2D eigenvalue weighted by molar-refractivity contribution is 5.81. The van der Waals surface area contributed by atoms with Crippen LogP contribution in [0.25, 0.3) is 0 Å². The number of unbranched alkanes of at least 4 members (excludes halogenated alkanes) is 1.